The van der Waals surface area contributed by atoms with E-state index in [1.54, 1.807) is 45.7 Å². The van der Waals surface area contributed by atoms with Crippen LogP contribution >= 0.6 is 0 Å². The molecule has 0 nitrogen and oxygen atoms in total. The van der Waals surface area contributed by atoms with Gasteiger partial charge in [0.2, 0.25) is 0 Å². The molecule has 0 aromatic carbocycles. The molecule has 4 rings (SSSR count). The van der Waals surface area contributed by atoms with Crippen LogP contribution in [0.2, 0.25) is 36.3 Å². The third-order valence-corrected chi connectivity index (χ3v) is 18.6. The standard InChI is InChI=1S/2C12H19Si.2ClH.Zr/c2*1-3-11-6-7-12(10-11)13(4-2)8-5-9-13;;;/h2*7H,3-6,8-9H2,1-2H3;2*1H;/q2*-1;;;+4/p-2. The van der Waals surface area contributed by atoms with Crippen LogP contribution in [0.1, 0.15) is 66.2 Å². The molecular weight excluding hydrogens is 507 g/mol. The van der Waals surface area contributed by atoms with Gasteiger partial charge in [0.05, 0.1) is 0 Å². The summed E-state index contributed by atoms with van der Waals surface area (Å²) in [4.78, 5) is 0. The minimum atomic E-state index is -0.913. The van der Waals surface area contributed by atoms with Crippen LogP contribution in [0.4, 0.5) is 0 Å². The largest absolute Gasteiger partial charge is 4.00 e. The Morgan fingerprint density at radius 2 is 1.03 bits per heavy atom. The maximum absolute atomic E-state index is 3.67. The number of hydrogen-bond acceptors (Lipinski definition) is 0. The normalized spacial score (nSPS) is 22.5. The van der Waals surface area contributed by atoms with Crippen LogP contribution in [0.25, 0.3) is 0 Å². The number of allylic oxidation sites excluding steroid dienone is 8. The molecule has 0 bridgehead atoms. The van der Waals surface area contributed by atoms with Crippen LogP contribution in [-0.2, 0) is 26.2 Å². The molecule has 160 valence electrons. The molecule has 4 aliphatic rings. The van der Waals surface area contributed by atoms with E-state index in [1.807, 2.05) is 0 Å². The zero-order valence-electron chi connectivity index (χ0n) is 18.9. The van der Waals surface area contributed by atoms with Gasteiger partial charge in [0.15, 0.2) is 0 Å². The van der Waals surface area contributed by atoms with E-state index in [0.717, 1.165) is 0 Å². The van der Waals surface area contributed by atoms with Crippen molar-refractivity contribution in [1.29, 1.82) is 0 Å². The Labute approximate surface area is 214 Å². The first-order chi connectivity index (χ1) is 12.6. The zero-order valence-corrected chi connectivity index (χ0v) is 24.9. The SMILES string of the molecule is CCC1=[C-]C([Si]2(CC)CCC2)=CC1.CCC1=[C-]C([Si]2(CC)CCC2)=CC1.[Cl-].[Cl-].[Zr+4]. The fourth-order valence-electron chi connectivity index (χ4n) is 5.03. The van der Waals surface area contributed by atoms with Crippen molar-refractivity contribution in [3.8, 4) is 0 Å². The summed E-state index contributed by atoms with van der Waals surface area (Å²) < 4.78 is 0. The van der Waals surface area contributed by atoms with E-state index in [0.29, 0.717) is 0 Å². The summed E-state index contributed by atoms with van der Waals surface area (Å²) in [6.07, 6.45) is 20.1. The van der Waals surface area contributed by atoms with E-state index in [-0.39, 0.29) is 51.0 Å². The van der Waals surface area contributed by atoms with Gasteiger partial charge in [-0.05, 0) is 0 Å². The molecule has 0 aromatic heterocycles. The second-order valence-corrected chi connectivity index (χ2v) is 18.4. The van der Waals surface area contributed by atoms with Gasteiger partial charge in [0, 0.05) is 16.1 Å². The second kappa shape index (κ2) is 13.4. The van der Waals surface area contributed by atoms with Crippen molar-refractivity contribution in [1.82, 2.24) is 0 Å². The zero-order chi connectivity index (χ0) is 18.6. The van der Waals surface area contributed by atoms with Crippen LogP contribution in [0.15, 0.2) is 33.7 Å². The molecule has 2 fully saturated rings. The van der Waals surface area contributed by atoms with Crippen molar-refractivity contribution in [2.75, 3.05) is 0 Å². The number of halogens is 2. The number of rotatable bonds is 6. The van der Waals surface area contributed by atoms with Gasteiger partial charge < -0.3 is 24.8 Å². The molecule has 0 amide bonds. The first-order valence-electron chi connectivity index (χ1n) is 11.3. The van der Waals surface area contributed by atoms with Crippen molar-refractivity contribution in [2.45, 2.75) is 102 Å². The van der Waals surface area contributed by atoms with E-state index in [1.165, 1.54) is 50.6 Å². The molecule has 0 unspecified atom stereocenters. The van der Waals surface area contributed by atoms with Gasteiger partial charge in [0.1, 0.15) is 0 Å². The van der Waals surface area contributed by atoms with Crippen molar-refractivity contribution in [2.24, 2.45) is 0 Å². The Morgan fingerprint density at radius 3 is 1.21 bits per heavy atom. The third-order valence-electron chi connectivity index (χ3n) is 7.70. The Kier molecular flexibility index (Phi) is 13.8. The Morgan fingerprint density at radius 1 is 0.690 bits per heavy atom. The molecule has 2 aliphatic heterocycles. The average Bonchev–Trinajstić information content (AvgIpc) is 3.24. The van der Waals surface area contributed by atoms with Crippen LogP contribution in [0.5, 0.6) is 0 Å². The topological polar surface area (TPSA) is 0 Å². The maximum Gasteiger partial charge on any atom is 4.00 e. The first kappa shape index (κ1) is 29.9. The van der Waals surface area contributed by atoms with E-state index in [2.05, 4.69) is 52.0 Å². The molecule has 0 atom stereocenters. The summed E-state index contributed by atoms with van der Waals surface area (Å²) in [6, 6.07) is 9.06. The van der Waals surface area contributed by atoms with E-state index >= 15 is 0 Å². The maximum atomic E-state index is 3.67. The predicted molar refractivity (Wildman–Crippen MR) is 120 cm³/mol. The average molecular weight is 545 g/mol. The smallest absolute Gasteiger partial charge is 1.00 e. The predicted octanol–water partition coefficient (Wildman–Crippen LogP) is 1.74. The van der Waals surface area contributed by atoms with E-state index in [4.69, 9.17) is 0 Å². The minimum Gasteiger partial charge on any atom is -1.00 e. The fraction of sp³-hybridized carbons (Fsp3) is 0.667. The van der Waals surface area contributed by atoms with Gasteiger partial charge in [0.25, 0.3) is 0 Å². The van der Waals surface area contributed by atoms with Crippen molar-refractivity contribution >= 4 is 16.1 Å². The molecule has 0 radical (unpaired) electrons. The first-order valence-corrected chi connectivity index (χ1v) is 16.5. The Bertz CT molecular complexity index is 574. The third kappa shape index (κ3) is 6.44. The van der Waals surface area contributed by atoms with Crippen LogP contribution in [-0.4, -0.2) is 16.1 Å². The second-order valence-electron chi connectivity index (χ2n) is 8.78. The van der Waals surface area contributed by atoms with Gasteiger partial charge in [-0.1, -0.05) is 102 Å². The fourth-order valence-corrected chi connectivity index (χ4v) is 12.7. The van der Waals surface area contributed by atoms with Crippen molar-refractivity contribution in [3.63, 3.8) is 0 Å². The van der Waals surface area contributed by atoms with Crippen molar-refractivity contribution < 1.29 is 51.0 Å². The quantitative estimate of drug-likeness (QED) is 0.353. The van der Waals surface area contributed by atoms with Gasteiger partial charge >= 0.3 is 26.2 Å². The monoisotopic (exact) mass is 542 g/mol. The Hall–Kier alpha value is 0.857. The van der Waals surface area contributed by atoms with Crippen LogP contribution in [0.3, 0.4) is 0 Å². The van der Waals surface area contributed by atoms with Crippen molar-refractivity contribution in [3.05, 3.63) is 45.8 Å². The molecule has 2 saturated heterocycles. The summed E-state index contributed by atoms with van der Waals surface area (Å²) in [5.41, 5.74) is 3.09. The molecule has 0 spiro atoms. The van der Waals surface area contributed by atoms with Crippen LogP contribution in [0, 0.1) is 12.2 Å². The van der Waals surface area contributed by atoms with Gasteiger partial charge in [-0.3, -0.25) is 12.2 Å². The van der Waals surface area contributed by atoms with Gasteiger partial charge in [-0.25, -0.2) is 22.5 Å². The molecule has 2 heterocycles. The molecule has 5 heteroatoms. The molecule has 0 N–H and O–H groups in total. The molecule has 0 saturated carbocycles. The number of hydrogen-bond donors (Lipinski definition) is 0. The summed E-state index contributed by atoms with van der Waals surface area (Å²) in [5.74, 6) is 0. The van der Waals surface area contributed by atoms with Crippen LogP contribution < -0.4 is 24.8 Å². The summed E-state index contributed by atoms with van der Waals surface area (Å²) in [7, 11) is -1.83. The molecule has 2 aliphatic carbocycles. The van der Waals surface area contributed by atoms with E-state index in [9.17, 15) is 0 Å². The van der Waals surface area contributed by atoms with Gasteiger partial charge in [-0.15, -0.1) is 0 Å². The molecular formula is C24H38Cl2Si2Zr. The molecule has 29 heavy (non-hydrogen) atoms. The minimum absolute atomic E-state index is 0. The summed E-state index contributed by atoms with van der Waals surface area (Å²) in [5, 5.41) is 3.36. The Balaban J connectivity index is 0.000000490. The van der Waals surface area contributed by atoms with Gasteiger partial charge in [-0.2, -0.15) is 11.1 Å². The summed E-state index contributed by atoms with van der Waals surface area (Å²) in [6.45, 7) is 9.27. The summed E-state index contributed by atoms with van der Waals surface area (Å²) >= 11 is 0. The van der Waals surface area contributed by atoms with E-state index < -0.39 is 16.1 Å². The molecule has 0 aromatic rings.